The van der Waals surface area contributed by atoms with E-state index in [-0.39, 0.29) is 13.2 Å². The maximum atomic E-state index is 13.7. The standard InChI is InChI=1S/C13H15F2N3O/c1-8-3-10(18(2)17-8)7-19-13-11(14)4-9(6-16)5-12(13)15/h3-5H,6-7,16H2,1-2H3. The number of hydrogen-bond donors (Lipinski definition) is 1. The number of nitrogens with two attached hydrogens (primary N) is 1. The molecule has 0 spiro atoms. The molecule has 1 heterocycles. The molecule has 6 heteroatoms. The Morgan fingerprint density at radius 2 is 1.89 bits per heavy atom. The van der Waals surface area contributed by atoms with Gasteiger partial charge in [-0.25, -0.2) is 8.78 Å². The zero-order chi connectivity index (χ0) is 14.0. The van der Waals surface area contributed by atoms with Gasteiger partial charge in [0.2, 0.25) is 0 Å². The summed E-state index contributed by atoms with van der Waals surface area (Å²) in [6, 6.07) is 4.14. The van der Waals surface area contributed by atoms with Crippen LogP contribution in [0.5, 0.6) is 5.75 Å². The zero-order valence-corrected chi connectivity index (χ0v) is 10.8. The van der Waals surface area contributed by atoms with Gasteiger partial charge in [-0.3, -0.25) is 4.68 Å². The molecule has 1 aromatic carbocycles. The van der Waals surface area contributed by atoms with E-state index in [4.69, 9.17) is 10.5 Å². The Balaban J connectivity index is 2.18. The molecule has 1 aromatic heterocycles. The van der Waals surface area contributed by atoms with Gasteiger partial charge >= 0.3 is 0 Å². The van der Waals surface area contributed by atoms with Crippen molar-refractivity contribution in [2.24, 2.45) is 12.8 Å². The lowest BCUT2D eigenvalue weighted by molar-refractivity contribution is 0.265. The van der Waals surface area contributed by atoms with Crippen LogP contribution in [0.1, 0.15) is 17.0 Å². The average Bonchev–Trinajstić information content (AvgIpc) is 2.66. The van der Waals surface area contributed by atoms with Crippen LogP contribution in [0.25, 0.3) is 0 Å². The van der Waals surface area contributed by atoms with Gasteiger partial charge in [-0.2, -0.15) is 5.10 Å². The van der Waals surface area contributed by atoms with E-state index in [0.29, 0.717) is 5.56 Å². The molecular formula is C13H15F2N3O. The third-order valence-electron chi connectivity index (χ3n) is 2.76. The number of aromatic nitrogens is 2. The summed E-state index contributed by atoms with van der Waals surface area (Å²) in [6.07, 6.45) is 0. The maximum Gasteiger partial charge on any atom is 0.191 e. The van der Waals surface area contributed by atoms with Gasteiger partial charge in [-0.15, -0.1) is 0 Å². The summed E-state index contributed by atoms with van der Waals surface area (Å²) in [4.78, 5) is 0. The van der Waals surface area contributed by atoms with Crippen LogP contribution in [0.3, 0.4) is 0 Å². The summed E-state index contributed by atoms with van der Waals surface area (Å²) >= 11 is 0. The topological polar surface area (TPSA) is 53.1 Å². The smallest absolute Gasteiger partial charge is 0.191 e. The van der Waals surface area contributed by atoms with Crippen molar-refractivity contribution < 1.29 is 13.5 Å². The third kappa shape index (κ3) is 2.90. The third-order valence-corrected chi connectivity index (χ3v) is 2.76. The molecule has 19 heavy (non-hydrogen) atoms. The number of aryl methyl sites for hydroxylation is 2. The molecule has 2 rings (SSSR count). The van der Waals surface area contributed by atoms with Gasteiger partial charge in [0.1, 0.15) is 6.61 Å². The molecule has 0 fully saturated rings. The molecule has 0 aliphatic carbocycles. The first-order valence-electron chi connectivity index (χ1n) is 5.81. The summed E-state index contributed by atoms with van der Waals surface area (Å²) in [5.41, 5.74) is 7.28. The van der Waals surface area contributed by atoms with Gasteiger partial charge in [0.25, 0.3) is 0 Å². The van der Waals surface area contributed by atoms with Crippen molar-refractivity contribution in [3.8, 4) is 5.75 Å². The molecule has 2 N–H and O–H groups in total. The molecule has 2 aromatic rings. The fourth-order valence-electron chi connectivity index (χ4n) is 1.81. The number of hydrogen-bond acceptors (Lipinski definition) is 3. The molecule has 0 saturated carbocycles. The quantitative estimate of drug-likeness (QED) is 0.922. The highest BCUT2D eigenvalue weighted by Gasteiger charge is 2.13. The number of ether oxygens (including phenoxy) is 1. The lowest BCUT2D eigenvalue weighted by Crippen LogP contribution is -2.06. The molecule has 0 bridgehead atoms. The Morgan fingerprint density at radius 1 is 1.26 bits per heavy atom. The van der Waals surface area contributed by atoms with Crippen LogP contribution in [0.4, 0.5) is 8.78 Å². The van der Waals surface area contributed by atoms with E-state index < -0.39 is 17.4 Å². The summed E-state index contributed by atoms with van der Waals surface area (Å²) in [7, 11) is 1.75. The minimum atomic E-state index is -0.751. The van der Waals surface area contributed by atoms with Crippen LogP contribution >= 0.6 is 0 Å². The van der Waals surface area contributed by atoms with Crippen molar-refractivity contribution >= 4 is 0 Å². The molecule has 0 atom stereocenters. The van der Waals surface area contributed by atoms with Crippen molar-refractivity contribution in [1.29, 1.82) is 0 Å². The van der Waals surface area contributed by atoms with Crippen LogP contribution in [0.15, 0.2) is 18.2 Å². The minimum Gasteiger partial charge on any atom is -0.481 e. The second-order valence-electron chi connectivity index (χ2n) is 4.28. The van der Waals surface area contributed by atoms with E-state index in [9.17, 15) is 8.78 Å². The highest BCUT2D eigenvalue weighted by molar-refractivity contribution is 5.31. The van der Waals surface area contributed by atoms with E-state index >= 15 is 0 Å². The lowest BCUT2D eigenvalue weighted by atomic mass is 10.2. The van der Waals surface area contributed by atoms with Crippen molar-refractivity contribution in [2.45, 2.75) is 20.1 Å². The predicted octanol–water partition coefficient (Wildman–Crippen LogP) is 2.04. The van der Waals surface area contributed by atoms with E-state index in [2.05, 4.69) is 5.10 Å². The Morgan fingerprint density at radius 3 is 2.37 bits per heavy atom. The van der Waals surface area contributed by atoms with Crippen LogP contribution in [0, 0.1) is 18.6 Å². The Labute approximate surface area is 109 Å². The SMILES string of the molecule is Cc1cc(COc2c(F)cc(CN)cc2F)n(C)n1. The summed E-state index contributed by atoms with van der Waals surface area (Å²) in [5, 5.41) is 4.13. The van der Waals surface area contributed by atoms with Crippen molar-refractivity contribution in [2.75, 3.05) is 0 Å². The fraction of sp³-hybridized carbons (Fsp3) is 0.308. The normalized spacial score (nSPS) is 10.8. The molecule has 0 aliphatic heterocycles. The van der Waals surface area contributed by atoms with Crippen LogP contribution in [-0.2, 0) is 20.2 Å². The number of benzene rings is 1. The lowest BCUT2D eigenvalue weighted by Gasteiger charge is -2.09. The first-order valence-corrected chi connectivity index (χ1v) is 5.81. The first-order chi connectivity index (χ1) is 9.01. The maximum absolute atomic E-state index is 13.7. The van der Waals surface area contributed by atoms with Gasteiger partial charge < -0.3 is 10.5 Å². The largest absolute Gasteiger partial charge is 0.481 e. The molecular weight excluding hydrogens is 252 g/mol. The second kappa shape index (κ2) is 5.36. The number of rotatable bonds is 4. The molecule has 0 saturated heterocycles. The average molecular weight is 267 g/mol. The number of halogens is 2. The Bertz CT molecular complexity index is 573. The fourth-order valence-corrected chi connectivity index (χ4v) is 1.81. The van der Waals surface area contributed by atoms with Crippen LogP contribution in [-0.4, -0.2) is 9.78 Å². The molecule has 102 valence electrons. The van der Waals surface area contributed by atoms with Crippen molar-refractivity contribution in [1.82, 2.24) is 9.78 Å². The van der Waals surface area contributed by atoms with E-state index in [1.807, 2.05) is 6.92 Å². The van der Waals surface area contributed by atoms with E-state index in [1.54, 1.807) is 17.8 Å². The van der Waals surface area contributed by atoms with E-state index in [0.717, 1.165) is 11.4 Å². The van der Waals surface area contributed by atoms with Gasteiger partial charge in [0, 0.05) is 13.6 Å². The van der Waals surface area contributed by atoms with Gasteiger partial charge in [-0.1, -0.05) is 0 Å². The van der Waals surface area contributed by atoms with Gasteiger partial charge in [0.15, 0.2) is 17.4 Å². The zero-order valence-electron chi connectivity index (χ0n) is 10.8. The summed E-state index contributed by atoms with van der Waals surface area (Å²) in [6.45, 7) is 1.96. The molecule has 0 unspecified atom stereocenters. The second-order valence-corrected chi connectivity index (χ2v) is 4.28. The number of nitrogens with zero attached hydrogens (tertiary/aromatic N) is 2. The van der Waals surface area contributed by atoms with Gasteiger partial charge in [-0.05, 0) is 30.7 Å². The predicted molar refractivity (Wildman–Crippen MR) is 66.5 cm³/mol. The first kappa shape index (κ1) is 13.5. The highest BCUT2D eigenvalue weighted by atomic mass is 19.1. The van der Waals surface area contributed by atoms with Crippen molar-refractivity contribution in [3.63, 3.8) is 0 Å². The van der Waals surface area contributed by atoms with Crippen molar-refractivity contribution in [3.05, 3.63) is 46.8 Å². The van der Waals surface area contributed by atoms with Crippen LogP contribution < -0.4 is 10.5 Å². The summed E-state index contributed by atoms with van der Waals surface area (Å²) in [5.74, 6) is -1.89. The molecule has 4 nitrogen and oxygen atoms in total. The summed E-state index contributed by atoms with van der Waals surface area (Å²) < 4.78 is 34.1. The van der Waals surface area contributed by atoms with Crippen LogP contribution in [0.2, 0.25) is 0 Å². The van der Waals surface area contributed by atoms with E-state index in [1.165, 1.54) is 12.1 Å². The monoisotopic (exact) mass is 267 g/mol. The van der Waals surface area contributed by atoms with Gasteiger partial charge in [0.05, 0.1) is 11.4 Å². The Hall–Kier alpha value is -1.95. The minimum absolute atomic E-state index is 0.0488. The Kier molecular flexibility index (Phi) is 3.80. The highest BCUT2D eigenvalue weighted by Crippen LogP contribution is 2.24. The molecule has 0 radical (unpaired) electrons. The molecule has 0 amide bonds. The molecule has 0 aliphatic rings.